The summed E-state index contributed by atoms with van der Waals surface area (Å²) in [6.07, 6.45) is 2.49. The molecule has 2 heterocycles. The molecular formula is C12H18N4O. The zero-order valence-electron chi connectivity index (χ0n) is 10.4. The number of anilines is 2. The van der Waals surface area contributed by atoms with Gasteiger partial charge in [0.1, 0.15) is 11.6 Å². The summed E-state index contributed by atoms with van der Waals surface area (Å²) < 4.78 is 7.12. The predicted octanol–water partition coefficient (Wildman–Crippen LogP) is 2.33. The van der Waals surface area contributed by atoms with Crippen LogP contribution in [-0.4, -0.2) is 9.78 Å². The van der Waals surface area contributed by atoms with Gasteiger partial charge in [0.25, 0.3) is 0 Å². The molecule has 0 saturated heterocycles. The Kier molecular flexibility index (Phi) is 3.08. The van der Waals surface area contributed by atoms with Crippen molar-refractivity contribution in [1.82, 2.24) is 9.78 Å². The SMILES string of the molecule is CCc1nn(C)c(NC(C)c2ccco2)c1N. The van der Waals surface area contributed by atoms with E-state index in [1.807, 2.05) is 33.0 Å². The molecule has 92 valence electrons. The molecular weight excluding hydrogens is 216 g/mol. The second-order valence-electron chi connectivity index (χ2n) is 4.07. The number of nitrogens with two attached hydrogens (primary N) is 1. The zero-order valence-corrected chi connectivity index (χ0v) is 10.4. The lowest BCUT2D eigenvalue weighted by atomic mass is 10.2. The van der Waals surface area contributed by atoms with Crippen molar-refractivity contribution in [3.63, 3.8) is 0 Å². The average molecular weight is 234 g/mol. The third kappa shape index (κ3) is 2.13. The molecule has 2 rings (SSSR count). The highest BCUT2D eigenvalue weighted by atomic mass is 16.3. The molecule has 5 heteroatoms. The fourth-order valence-electron chi connectivity index (χ4n) is 1.84. The molecule has 0 saturated carbocycles. The van der Waals surface area contributed by atoms with E-state index in [0.717, 1.165) is 23.7 Å². The zero-order chi connectivity index (χ0) is 12.4. The van der Waals surface area contributed by atoms with Crippen molar-refractivity contribution in [3.05, 3.63) is 29.9 Å². The molecule has 0 fully saturated rings. The van der Waals surface area contributed by atoms with Crippen molar-refractivity contribution in [2.24, 2.45) is 7.05 Å². The normalized spacial score (nSPS) is 12.6. The summed E-state index contributed by atoms with van der Waals surface area (Å²) >= 11 is 0. The van der Waals surface area contributed by atoms with E-state index < -0.39 is 0 Å². The largest absolute Gasteiger partial charge is 0.467 e. The smallest absolute Gasteiger partial charge is 0.148 e. The Balaban J connectivity index is 2.21. The van der Waals surface area contributed by atoms with Gasteiger partial charge in [0.2, 0.25) is 0 Å². The highest BCUT2D eigenvalue weighted by Crippen LogP contribution is 2.26. The quantitative estimate of drug-likeness (QED) is 0.851. The fourth-order valence-corrected chi connectivity index (χ4v) is 1.84. The second-order valence-corrected chi connectivity index (χ2v) is 4.07. The molecule has 0 aliphatic rings. The van der Waals surface area contributed by atoms with Crippen LogP contribution in [-0.2, 0) is 13.5 Å². The summed E-state index contributed by atoms with van der Waals surface area (Å²) in [4.78, 5) is 0. The Morgan fingerprint density at radius 2 is 2.35 bits per heavy atom. The maximum Gasteiger partial charge on any atom is 0.148 e. The second kappa shape index (κ2) is 4.53. The predicted molar refractivity (Wildman–Crippen MR) is 67.7 cm³/mol. The molecule has 5 nitrogen and oxygen atoms in total. The summed E-state index contributed by atoms with van der Waals surface area (Å²) in [5, 5.41) is 7.68. The van der Waals surface area contributed by atoms with Gasteiger partial charge in [-0.3, -0.25) is 4.68 Å². The average Bonchev–Trinajstić information content (AvgIpc) is 2.92. The molecule has 2 aromatic heterocycles. The third-order valence-corrected chi connectivity index (χ3v) is 2.82. The van der Waals surface area contributed by atoms with Gasteiger partial charge in [0.15, 0.2) is 0 Å². The molecule has 0 spiro atoms. The lowest BCUT2D eigenvalue weighted by molar-refractivity contribution is 0.489. The minimum atomic E-state index is 0.0624. The van der Waals surface area contributed by atoms with Crippen molar-refractivity contribution in [2.45, 2.75) is 26.3 Å². The van der Waals surface area contributed by atoms with Crippen LogP contribution in [0.15, 0.2) is 22.8 Å². The van der Waals surface area contributed by atoms with Crippen LogP contribution in [0.3, 0.4) is 0 Å². The first-order valence-electron chi connectivity index (χ1n) is 5.74. The first kappa shape index (κ1) is 11.6. The summed E-state index contributed by atoms with van der Waals surface area (Å²) in [6.45, 7) is 4.06. The number of aromatic nitrogens is 2. The van der Waals surface area contributed by atoms with E-state index in [1.165, 1.54) is 0 Å². The number of hydrogen-bond donors (Lipinski definition) is 2. The number of nitrogens with one attached hydrogen (secondary N) is 1. The van der Waals surface area contributed by atoms with E-state index in [0.29, 0.717) is 5.69 Å². The minimum Gasteiger partial charge on any atom is -0.467 e. The maximum atomic E-state index is 6.04. The van der Waals surface area contributed by atoms with Crippen LogP contribution in [0.4, 0.5) is 11.5 Å². The van der Waals surface area contributed by atoms with Gasteiger partial charge in [-0.15, -0.1) is 0 Å². The van der Waals surface area contributed by atoms with Crippen molar-refractivity contribution < 1.29 is 4.42 Å². The van der Waals surface area contributed by atoms with Crippen LogP contribution in [0.2, 0.25) is 0 Å². The van der Waals surface area contributed by atoms with Gasteiger partial charge in [-0.1, -0.05) is 6.92 Å². The van der Waals surface area contributed by atoms with Crippen LogP contribution in [0.5, 0.6) is 0 Å². The Hall–Kier alpha value is -1.91. The number of furan rings is 1. The molecule has 0 radical (unpaired) electrons. The van der Waals surface area contributed by atoms with Gasteiger partial charge < -0.3 is 15.5 Å². The highest BCUT2D eigenvalue weighted by Gasteiger charge is 2.15. The van der Waals surface area contributed by atoms with Crippen molar-refractivity contribution in [1.29, 1.82) is 0 Å². The Labute approximate surface area is 101 Å². The third-order valence-electron chi connectivity index (χ3n) is 2.82. The van der Waals surface area contributed by atoms with E-state index in [-0.39, 0.29) is 6.04 Å². The lowest BCUT2D eigenvalue weighted by Gasteiger charge is -2.13. The van der Waals surface area contributed by atoms with Gasteiger partial charge in [0.05, 0.1) is 23.7 Å². The molecule has 17 heavy (non-hydrogen) atoms. The van der Waals surface area contributed by atoms with E-state index in [1.54, 1.807) is 10.9 Å². The highest BCUT2D eigenvalue weighted by molar-refractivity contribution is 5.65. The van der Waals surface area contributed by atoms with Crippen LogP contribution < -0.4 is 11.1 Å². The monoisotopic (exact) mass is 234 g/mol. The molecule has 0 aliphatic carbocycles. The topological polar surface area (TPSA) is 69.0 Å². The van der Waals surface area contributed by atoms with Gasteiger partial charge in [-0.25, -0.2) is 0 Å². The Morgan fingerprint density at radius 1 is 1.59 bits per heavy atom. The van der Waals surface area contributed by atoms with Crippen LogP contribution >= 0.6 is 0 Å². The number of rotatable bonds is 4. The summed E-state index contributed by atoms with van der Waals surface area (Å²) in [7, 11) is 1.88. The lowest BCUT2D eigenvalue weighted by Crippen LogP contribution is -2.10. The fraction of sp³-hybridized carbons (Fsp3) is 0.417. The van der Waals surface area contributed by atoms with Crippen LogP contribution in [0.1, 0.15) is 31.3 Å². The van der Waals surface area contributed by atoms with Crippen molar-refractivity contribution in [2.75, 3.05) is 11.1 Å². The van der Waals surface area contributed by atoms with Gasteiger partial charge in [-0.05, 0) is 25.5 Å². The van der Waals surface area contributed by atoms with Crippen LogP contribution in [0.25, 0.3) is 0 Å². The Morgan fingerprint density at radius 3 is 2.88 bits per heavy atom. The van der Waals surface area contributed by atoms with Gasteiger partial charge in [-0.2, -0.15) is 5.10 Å². The van der Waals surface area contributed by atoms with E-state index in [2.05, 4.69) is 10.4 Å². The molecule has 1 atom stereocenters. The maximum absolute atomic E-state index is 6.04. The molecule has 0 amide bonds. The molecule has 1 unspecified atom stereocenters. The number of nitrogen functional groups attached to an aromatic ring is 1. The van der Waals surface area contributed by atoms with Crippen molar-refractivity contribution >= 4 is 11.5 Å². The van der Waals surface area contributed by atoms with E-state index >= 15 is 0 Å². The van der Waals surface area contributed by atoms with E-state index in [4.69, 9.17) is 10.2 Å². The first-order chi connectivity index (χ1) is 8.13. The molecule has 2 aromatic rings. The molecule has 0 bridgehead atoms. The number of nitrogens with zero attached hydrogens (tertiary/aromatic N) is 2. The van der Waals surface area contributed by atoms with Gasteiger partial charge >= 0.3 is 0 Å². The number of hydrogen-bond acceptors (Lipinski definition) is 4. The van der Waals surface area contributed by atoms with Crippen LogP contribution in [0, 0.1) is 0 Å². The van der Waals surface area contributed by atoms with Crippen molar-refractivity contribution in [3.8, 4) is 0 Å². The molecule has 0 aliphatic heterocycles. The van der Waals surface area contributed by atoms with E-state index in [9.17, 15) is 0 Å². The first-order valence-corrected chi connectivity index (χ1v) is 5.74. The minimum absolute atomic E-state index is 0.0624. The molecule has 3 N–H and O–H groups in total. The standard InChI is InChI=1S/C12H18N4O/c1-4-9-11(13)12(16(3)15-9)14-8(2)10-6-5-7-17-10/h5-8,14H,4,13H2,1-3H3. The van der Waals surface area contributed by atoms with Gasteiger partial charge in [0, 0.05) is 7.05 Å². The summed E-state index contributed by atoms with van der Waals surface area (Å²) in [5.74, 6) is 1.72. The summed E-state index contributed by atoms with van der Waals surface area (Å²) in [6, 6.07) is 3.87. The molecule has 0 aromatic carbocycles. The number of aryl methyl sites for hydroxylation is 2. The Bertz CT molecular complexity index is 487. The summed E-state index contributed by atoms with van der Waals surface area (Å²) in [5.41, 5.74) is 7.67.